The molecule has 0 aromatic heterocycles. The largest absolute Gasteiger partial charge is 0.370 e. The van der Waals surface area contributed by atoms with Gasteiger partial charge in [-0.3, -0.25) is 31.0 Å². The maximum atomic E-state index is 13.3. The van der Waals surface area contributed by atoms with Crippen molar-refractivity contribution in [2.75, 3.05) is 11.9 Å². The first-order valence-corrected chi connectivity index (χ1v) is 11.5. The summed E-state index contributed by atoms with van der Waals surface area (Å²) in [4.78, 5) is 23.7. The number of nitro groups is 1. The first kappa shape index (κ1) is 25.1. The van der Waals surface area contributed by atoms with E-state index >= 15 is 0 Å². The van der Waals surface area contributed by atoms with Crippen molar-refractivity contribution in [3.05, 3.63) is 70.3 Å². The van der Waals surface area contributed by atoms with E-state index in [1.54, 1.807) is 0 Å². The number of nitrogens with zero attached hydrogens (tertiary/aromatic N) is 1. The molecule has 1 heterocycles. The Morgan fingerprint density at radius 2 is 1.88 bits per heavy atom. The Bertz CT molecular complexity index is 976. The summed E-state index contributed by atoms with van der Waals surface area (Å²) in [6, 6.07) is 14.7. The van der Waals surface area contributed by atoms with E-state index < -0.39 is 11.0 Å². The average molecular weight is 468 g/mol. The van der Waals surface area contributed by atoms with Gasteiger partial charge in [0.15, 0.2) is 5.96 Å². The minimum Gasteiger partial charge on any atom is -0.370 e. The van der Waals surface area contributed by atoms with E-state index in [0.29, 0.717) is 18.5 Å². The van der Waals surface area contributed by atoms with Gasteiger partial charge in [0.05, 0.1) is 22.7 Å². The Balaban J connectivity index is 1.75. The van der Waals surface area contributed by atoms with Crippen molar-refractivity contribution in [3.63, 3.8) is 0 Å². The Labute approximate surface area is 199 Å². The average Bonchev–Trinajstić information content (AvgIpc) is 2.82. The molecule has 2 aromatic rings. The van der Waals surface area contributed by atoms with Crippen molar-refractivity contribution in [2.24, 2.45) is 5.73 Å². The summed E-state index contributed by atoms with van der Waals surface area (Å²) in [5.41, 5.74) is 6.68. The molecule has 10 nitrogen and oxygen atoms in total. The van der Waals surface area contributed by atoms with Crippen LogP contribution in [0.2, 0.25) is 0 Å². The summed E-state index contributed by atoms with van der Waals surface area (Å²) < 4.78 is 0. The highest BCUT2D eigenvalue weighted by atomic mass is 16.6. The molecule has 10 heteroatoms. The first-order chi connectivity index (χ1) is 16.3. The van der Waals surface area contributed by atoms with Crippen LogP contribution in [0.5, 0.6) is 0 Å². The van der Waals surface area contributed by atoms with Crippen LogP contribution < -0.4 is 27.0 Å². The predicted octanol–water partition coefficient (Wildman–Crippen LogP) is 2.99. The number of carbonyl (C=O) groups excluding carboxylic acids is 1. The molecule has 3 atom stereocenters. The third-order valence-corrected chi connectivity index (χ3v) is 6.05. The highest BCUT2D eigenvalue weighted by Crippen LogP contribution is 2.23. The van der Waals surface area contributed by atoms with Gasteiger partial charge in [0.2, 0.25) is 5.91 Å². The van der Waals surface area contributed by atoms with Crippen molar-refractivity contribution >= 4 is 23.2 Å². The second-order valence-corrected chi connectivity index (χ2v) is 8.80. The van der Waals surface area contributed by atoms with Crippen LogP contribution in [0.1, 0.15) is 50.6 Å². The maximum absolute atomic E-state index is 13.3. The molecule has 182 valence electrons. The zero-order valence-corrected chi connectivity index (χ0v) is 19.3. The summed E-state index contributed by atoms with van der Waals surface area (Å²) >= 11 is 0. The minimum atomic E-state index is -0.536. The van der Waals surface area contributed by atoms with Gasteiger partial charge >= 0.3 is 0 Å². The summed E-state index contributed by atoms with van der Waals surface area (Å²) in [6.45, 7) is 2.93. The van der Waals surface area contributed by atoms with Gasteiger partial charge < -0.3 is 16.4 Å². The molecule has 1 aliphatic rings. The third kappa shape index (κ3) is 7.26. The maximum Gasteiger partial charge on any atom is 0.269 e. The second kappa shape index (κ2) is 11.6. The molecule has 0 spiro atoms. The Hall–Kier alpha value is -3.50. The van der Waals surface area contributed by atoms with E-state index in [9.17, 15) is 14.9 Å². The number of piperidine rings is 1. The predicted molar refractivity (Wildman–Crippen MR) is 132 cm³/mol. The Kier molecular flexibility index (Phi) is 8.55. The number of benzene rings is 2. The third-order valence-electron chi connectivity index (χ3n) is 6.05. The number of anilines is 1. The van der Waals surface area contributed by atoms with Gasteiger partial charge in [0.25, 0.3) is 5.69 Å². The fourth-order valence-corrected chi connectivity index (χ4v) is 4.26. The van der Waals surface area contributed by atoms with Crippen LogP contribution in [0.4, 0.5) is 11.4 Å². The number of rotatable bonds is 10. The molecule has 0 radical (unpaired) electrons. The monoisotopic (exact) mass is 467 g/mol. The van der Waals surface area contributed by atoms with Gasteiger partial charge in [-0.15, -0.1) is 0 Å². The molecular formula is C24H33N7O3. The van der Waals surface area contributed by atoms with Crippen LogP contribution in [0.3, 0.4) is 0 Å². The molecule has 1 fully saturated rings. The van der Waals surface area contributed by atoms with Gasteiger partial charge in [0.1, 0.15) is 0 Å². The number of non-ortho nitro benzene ring substituents is 1. The zero-order chi connectivity index (χ0) is 24.6. The van der Waals surface area contributed by atoms with Gasteiger partial charge in [-0.25, -0.2) is 0 Å². The van der Waals surface area contributed by atoms with Crippen molar-refractivity contribution in [1.82, 2.24) is 16.0 Å². The van der Waals surface area contributed by atoms with Crippen LogP contribution in [-0.4, -0.2) is 35.0 Å². The number of nitrogens with two attached hydrogens (primary N) is 1. The smallest absolute Gasteiger partial charge is 0.269 e. The van der Waals surface area contributed by atoms with Gasteiger partial charge in [-0.1, -0.05) is 30.3 Å². The molecule has 1 saturated heterocycles. The lowest BCUT2D eigenvalue weighted by molar-refractivity contribution is -0.384. The number of nitro benzene ring substituents is 1. The van der Waals surface area contributed by atoms with E-state index in [2.05, 4.69) is 28.2 Å². The van der Waals surface area contributed by atoms with Crippen molar-refractivity contribution in [2.45, 2.75) is 56.8 Å². The van der Waals surface area contributed by atoms with E-state index in [4.69, 9.17) is 11.1 Å². The quantitative estimate of drug-likeness (QED) is 0.136. The lowest BCUT2D eigenvalue weighted by atomic mass is 9.95. The van der Waals surface area contributed by atoms with E-state index in [1.165, 1.54) is 24.3 Å². The minimum absolute atomic E-state index is 0.0346. The number of nitrogens with one attached hydrogen (secondary N) is 5. The number of hydrogen-bond acceptors (Lipinski definition) is 6. The van der Waals surface area contributed by atoms with Crippen molar-refractivity contribution in [1.29, 1.82) is 5.41 Å². The summed E-state index contributed by atoms with van der Waals surface area (Å²) in [6.07, 6.45) is 4.09. The van der Waals surface area contributed by atoms with E-state index in [0.717, 1.165) is 31.4 Å². The van der Waals surface area contributed by atoms with Crippen molar-refractivity contribution in [3.8, 4) is 0 Å². The normalized spacial score (nSPS) is 19.6. The summed E-state index contributed by atoms with van der Waals surface area (Å²) in [7, 11) is 0. The lowest BCUT2D eigenvalue weighted by Crippen LogP contribution is -2.62. The van der Waals surface area contributed by atoms with E-state index in [1.807, 2.05) is 30.3 Å². The SMILES string of the molecule is CC1(N[C@@H](CCC(NC(=N)N)c2ccccc2)C(=O)Nc2ccc([N+](=O)[O-])cc2)CCCCN1. The summed E-state index contributed by atoms with van der Waals surface area (Å²) in [5.74, 6) is -0.355. The van der Waals surface area contributed by atoms with E-state index in [-0.39, 0.29) is 29.3 Å². The number of amides is 1. The fraction of sp³-hybridized carbons (Fsp3) is 0.417. The van der Waals surface area contributed by atoms with Crippen LogP contribution in [0, 0.1) is 15.5 Å². The molecule has 1 aliphatic heterocycles. The van der Waals surface area contributed by atoms with Crippen LogP contribution in [0.15, 0.2) is 54.6 Å². The molecule has 1 amide bonds. The number of carbonyl (C=O) groups is 1. The van der Waals surface area contributed by atoms with Crippen LogP contribution >= 0.6 is 0 Å². The molecular weight excluding hydrogens is 434 g/mol. The van der Waals surface area contributed by atoms with Gasteiger partial charge in [-0.2, -0.15) is 0 Å². The molecule has 0 aliphatic carbocycles. The molecule has 3 rings (SSSR count). The van der Waals surface area contributed by atoms with Crippen molar-refractivity contribution < 1.29 is 9.72 Å². The zero-order valence-electron chi connectivity index (χ0n) is 19.3. The lowest BCUT2D eigenvalue weighted by Gasteiger charge is -2.39. The highest BCUT2D eigenvalue weighted by molar-refractivity contribution is 5.95. The highest BCUT2D eigenvalue weighted by Gasteiger charge is 2.32. The summed E-state index contributed by atoms with van der Waals surface area (Å²) in [5, 5.41) is 31.5. The van der Waals surface area contributed by atoms with Gasteiger partial charge in [-0.05, 0) is 63.3 Å². The topological polar surface area (TPSA) is 158 Å². The molecule has 0 saturated carbocycles. The Morgan fingerprint density at radius 1 is 1.18 bits per heavy atom. The fourth-order valence-electron chi connectivity index (χ4n) is 4.26. The standard InChI is InChI=1S/C24H33N7O3/c1-24(15-5-6-16-27-24)30-21(22(32)28-18-9-11-19(12-10-18)31(33)34)14-13-20(29-23(25)26)17-7-3-2-4-8-17/h2-4,7-12,20-21,27,30H,5-6,13-16H2,1H3,(H,28,32)(H4,25,26,29)/t20?,21-,24?/m0/s1. The number of guanidine groups is 1. The molecule has 34 heavy (non-hydrogen) atoms. The molecule has 2 aromatic carbocycles. The molecule has 7 N–H and O–H groups in total. The van der Waals surface area contributed by atoms with Gasteiger partial charge in [0, 0.05) is 17.8 Å². The molecule has 0 bridgehead atoms. The van der Waals surface area contributed by atoms with Crippen LogP contribution in [-0.2, 0) is 4.79 Å². The Morgan fingerprint density at radius 3 is 2.47 bits per heavy atom. The first-order valence-electron chi connectivity index (χ1n) is 11.5. The van der Waals surface area contributed by atoms with Crippen LogP contribution in [0.25, 0.3) is 0 Å². The second-order valence-electron chi connectivity index (χ2n) is 8.80. The molecule has 2 unspecified atom stereocenters. The number of hydrogen-bond donors (Lipinski definition) is 6.